The van der Waals surface area contributed by atoms with E-state index in [-0.39, 0.29) is 24.8 Å². The minimum atomic E-state index is 0. The van der Waals surface area contributed by atoms with E-state index in [9.17, 15) is 0 Å². The molecule has 19 heavy (non-hydrogen) atoms. The van der Waals surface area contributed by atoms with E-state index in [0.717, 1.165) is 32.6 Å². The first kappa shape index (κ1) is 19.4. The Morgan fingerprint density at radius 2 is 2.11 bits per heavy atom. The van der Waals surface area contributed by atoms with Gasteiger partial charge in [0.25, 0.3) is 0 Å². The van der Waals surface area contributed by atoms with Gasteiger partial charge in [-0.25, -0.2) is 0 Å². The van der Waals surface area contributed by atoms with Gasteiger partial charge < -0.3 is 5.32 Å². The second-order valence-electron chi connectivity index (χ2n) is 4.60. The molecule has 110 valence electrons. The van der Waals surface area contributed by atoms with Gasteiger partial charge in [0.2, 0.25) is 0 Å². The average molecular weight is 388 g/mol. The molecule has 2 rings (SSSR count). The number of nitrogens with one attached hydrogen (secondary N) is 1. The highest BCUT2D eigenvalue weighted by molar-refractivity contribution is 9.10. The Bertz CT molecular complexity index is 392. The Hall–Kier alpha value is 0.420. The number of hydrogen-bond donors (Lipinski definition) is 1. The number of piperazine rings is 1. The third kappa shape index (κ3) is 5.37. The van der Waals surface area contributed by atoms with Crippen molar-refractivity contribution < 1.29 is 0 Å². The van der Waals surface area contributed by atoms with Crippen molar-refractivity contribution in [2.75, 3.05) is 26.2 Å². The lowest BCUT2D eigenvalue weighted by atomic mass is 10.0. The molecule has 2 nitrogen and oxygen atoms in total. The van der Waals surface area contributed by atoms with Gasteiger partial charge in [-0.15, -0.1) is 42.7 Å². The van der Waals surface area contributed by atoms with Gasteiger partial charge in [-0.3, -0.25) is 4.90 Å². The first-order valence-electron chi connectivity index (χ1n) is 6.00. The zero-order valence-corrected chi connectivity index (χ0v) is 15.1. The molecule has 0 saturated carbocycles. The topological polar surface area (TPSA) is 15.3 Å². The standard InChI is InChI=1S/C13H19BrN2S.2ClH/c1-10(2)9-12(13-11(14)3-8-17-13)16-6-4-15-5-7-16;;/h3,8,12,15H,1,4-7,9H2,2H3;2*1H/t12-;;/m1../s1. The van der Waals surface area contributed by atoms with Crippen LogP contribution in [0.25, 0.3) is 0 Å². The zero-order chi connectivity index (χ0) is 12.3. The second-order valence-corrected chi connectivity index (χ2v) is 6.40. The molecule has 1 saturated heterocycles. The van der Waals surface area contributed by atoms with Gasteiger partial charge in [0.1, 0.15) is 0 Å². The summed E-state index contributed by atoms with van der Waals surface area (Å²) >= 11 is 5.51. The smallest absolute Gasteiger partial charge is 0.0490 e. The van der Waals surface area contributed by atoms with Crippen molar-refractivity contribution in [2.45, 2.75) is 19.4 Å². The maximum Gasteiger partial charge on any atom is 0.0490 e. The van der Waals surface area contributed by atoms with Gasteiger partial charge in [0.05, 0.1) is 0 Å². The highest BCUT2D eigenvalue weighted by Gasteiger charge is 2.24. The fourth-order valence-electron chi connectivity index (χ4n) is 2.25. The molecule has 0 radical (unpaired) electrons. The van der Waals surface area contributed by atoms with Gasteiger partial charge in [-0.2, -0.15) is 0 Å². The third-order valence-corrected chi connectivity index (χ3v) is 5.05. The van der Waals surface area contributed by atoms with Crippen LogP contribution in [0.4, 0.5) is 0 Å². The maximum atomic E-state index is 4.08. The van der Waals surface area contributed by atoms with Gasteiger partial charge in [-0.05, 0) is 40.7 Å². The predicted molar refractivity (Wildman–Crippen MR) is 93.1 cm³/mol. The summed E-state index contributed by atoms with van der Waals surface area (Å²) < 4.78 is 1.24. The average Bonchev–Trinajstić information content (AvgIpc) is 2.73. The third-order valence-electron chi connectivity index (χ3n) is 3.08. The normalized spacial score (nSPS) is 17.2. The maximum absolute atomic E-state index is 4.08. The van der Waals surface area contributed by atoms with Crippen LogP contribution in [0, 0.1) is 0 Å². The van der Waals surface area contributed by atoms with Crippen LogP contribution in [0.2, 0.25) is 0 Å². The lowest BCUT2D eigenvalue weighted by Crippen LogP contribution is -2.45. The van der Waals surface area contributed by atoms with Crippen molar-refractivity contribution in [3.8, 4) is 0 Å². The molecule has 1 aliphatic heterocycles. The van der Waals surface area contributed by atoms with E-state index in [1.54, 1.807) is 0 Å². The predicted octanol–water partition coefficient (Wildman–Crippen LogP) is 4.27. The summed E-state index contributed by atoms with van der Waals surface area (Å²) in [5, 5.41) is 5.57. The first-order valence-corrected chi connectivity index (χ1v) is 7.68. The Kier molecular flexibility index (Phi) is 9.58. The summed E-state index contributed by atoms with van der Waals surface area (Å²) in [6, 6.07) is 2.64. The van der Waals surface area contributed by atoms with Gasteiger partial charge >= 0.3 is 0 Å². The molecule has 1 atom stereocenters. The monoisotopic (exact) mass is 386 g/mol. The van der Waals surface area contributed by atoms with E-state index >= 15 is 0 Å². The minimum Gasteiger partial charge on any atom is -0.314 e. The number of thiophene rings is 1. The Balaban J connectivity index is 0.00000162. The molecule has 0 aromatic carbocycles. The van der Waals surface area contributed by atoms with Crippen molar-refractivity contribution in [1.82, 2.24) is 10.2 Å². The molecular weight excluding hydrogens is 367 g/mol. The first-order chi connectivity index (χ1) is 8.18. The molecule has 1 aliphatic rings. The quantitative estimate of drug-likeness (QED) is 0.776. The van der Waals surface area contributed by atoms with Gasteiger partial charge in [0.15, 0.2) is 0 Å². The molecule has 1 fully saturated rings. The molecule has 1 aromatic rings. The van der Waals surface area contributed by atoms with Crippen LogP contribution in [0.5, 0.6) is 0 Å². The van der Waals surface area contributed by atoms with E-state index < -0.39 is 0 Å². The van der Waals surface area contributed by atoms with Crippen LogP contribution in [0.15, 0.2) is 28.1 Å². The fourth-order valence-corrected chi connectivity index (χ4v) is 4.03. The minimum absolute atomic E-state index is 0. The molecule has 0 aliphatic carbocycles. The molecule has 1 aromatic heterocycles. The summed E-state index contributed by atoms with van der Waals surface area (Å²) in [5.41, 5.74) is 1.26. The molecule has 0 amide bonds. The van der Waals surface area contributed by atoms with Crippen molar-refractivity contribution in [3.05, 3.63) is 32.9 Å². The summed E-state index contributed by atoms with van der Waals surface area (Å²) in [6.45, 7) is 10.6. The molecule has 0 spiro atoms. The summed E-state index contributed by atoms with van der Waals surface area (Å²) in [6.07, 6.45) is 1.05. The van der Waals surface area contributed by atoms with Crippen LogP contribution in [-0.2, 0) is 0 Å². The molecule has 6 heteroatoms. The highest BCUT2D eigenvalue weighted by atomic mass is 79.9. The fraction of sp³-hybridized carbons (Fsp3) is 0.538. The molecule has 1 N–H and O–H groups in total. The van der Waals surface area contributed by atoms with Crippen LogP contribution in [0.3, 0.4) is 0 Å². The van der Waals surface area contributed by atoms with Crippen LogP contribution < -0.4 is 5.32 Å². The number of rotatable bonds is 4. The van der Waals surface area contributed by atoms with Gasteiger partial charge in [0, 0.05) is 41.6 Å². The summed E-state index contributed by atoms with van der Waals surface area (Å²) in [4.78, 5) is 4.01. The number of halogens is 3. The Morgan fingerprint density at radius 3 is 2.58 bits per heavy atom. The van der Waals surface area contributed by atoms with Crippen LogP contribution in [-0.4, -0.2) is 31.1 Å². The molecule has 0 bridgehead atoms. The summed E-state index contributed by atoms with van der Waals surface area (Å²) in [7, 11) is 0. The van der Waals surface area contributed by atoms with Crippen molar-refractivity contribution in [3.63, 3.8) is 0 Å². The number of nitrogens with zero attached hydrogens (tertiary/aromatic N) is 1. The molecule has 0 unspecified atom stereocenters. The zero-order valence-electron chi connectivity index (χ0n) is 11.0. The van der Waals surface area contributed by atoms with E-state index in [1.807, 2.05) is 11.3 Å². The highest BCUT2D eigenvalue weighted by Crippen LogP contribution is 2.36. The van der Waals surface area contributed by atoms with E-state index in [2.05, 4.69) is 51.1 Å². The number of hydrogen-bond acceptors (Lipinski definition) is 3. The van der Waals surface area contributed by atoms with Crippen molar-refractivity contribution in [1.29, 1.82) is 0 Å². The molecular formula is C13H21BrCl2N2S. The van der Waals surface area contributed by atoms with E-state index in [0.29, 0.717) is 6.04 Å². The van der Waals surface area contributed by atoms with Crippen LogP contribution in [0.1, 0.15) is 24.3 Å². The SMILES string of the molecule is C=C(C)C[C@H](c1sccc1Br)N1CCNCC1.Cl.Cl. The lowest BCUT2D eigenvalue weighted by Gasteiger charge is -2.35. The molecule has 2 heterocycles. The summed E-state index contributed by atoms with van der Waals surface area (Å²) in [5.74, 6) is 0. The largest absolute Gasteiger partial charge is 0.314 e. The van der Waals surface area contributed by atoms with Crippen LogP contribution >= 0.6 is 52.1 Å². The van der Waals surface area contributed by atoms with Crippen molar-refractivity contribution in [2.24, 2.45) is 0 Å². The Morgan fingerprint density at radius 1 is 1.47 bits per heavy atom. The Labute approximate surface area is 140 Å². The van der Waals surface area contributed by atoms with E-state index in [1.165, 1.54) is 14.9 Å². The van der Waals surface area contributed by atoms with Crippen molar-refractivity contribution >= 4 is 52.1 Å². The lowest BCUT2D eigenvalue weighted by molar-refractivity contribution is 0.174. The van der Waals surface area contributed by atoms with E-state index in [4.69, 9.17) is 0 Å². The second kappa shape index (κ2) is 9.37. The van der Waals surface area contributed by atoms with Gasteiger partial charge in [-0.1, -0.05) is 5.57 Å².